The van der Waals surface area contributed by atoms with Crippen LogP contribution in [0.15, 0.2) is 41.8 Å². The molecule has 1 heterocycles. The van der Waals surface area contributed by atoms with Gasteiger partial charge in [-0.2, -0.15) is 0 Å². The molecule has 1 aromatic carbocycles. The van der Waals surface area contributed by atoms with Gasteiger partial charge in [0.1, 0.15) is 5.60 Å². The molecule has 0 aliphatic heterocycles. The summed E-state index contributed by atoms with van der Waals surface area (Å²) in [5.41, 5.74) is 1.05. The Balaban J connectivity index is 2.48. The smallest absolute Gasteiger partial charge is 0.113 e. The lowest BCUT2D eigenvalue weighted by Gasteiger charge is -2.24. The first-order chi connectivity index (χ1) is 7.12. The van der Waals surface area contributed by atoms with Gasteiger partial charge in [0.2, 0.25) is 0 Å². The van der Waals surface area contributed by atoms with Crippen LogP contribution in [0.3, 0.4) is 0 Å². The van der Waals surface area contributed by atoms with E-state index in [9.17, 15) is 5.11 Å². The molecule has 0 aliphatic carbocycles. The Morgan fingerprint density at radius 3 is 2.33 bits per heavy atom. The van der Waals surface area contributed by atoms with Crippen LogP contribution in [-0.4, -0.2) is 5.11 Å². The molecule has 2 aromatic rings. The van der Waals surface area contributed by atoms with E-state index < -0.39 is 5.60 Å². The van der Waals surface area contributed by atoms with Crippen LogP contribution in [0.2, 0.25) is 0 Å². The summed E-state index contributed by atoms with van der Waals surface area (Å²) >= 11 is 1.67. The second-order valence-corrected chi connectivity index (χ2v) is 4.95. The Morgan fingerprint density at radius 1 is 1.13 bits per heavy atom. The van der Waals surface area contributed by atoms with Crippen LogP contribution in [0.1, 0.15) is 22.9 Å². The van der Waals surface area contributed by atoms with E-state index in [1.54, 1.807) is 11.3 Å². The highest BCUT2D eigenvalue weighted by Crippen LogP contribution is 2.33. The fraction of sp³-hybridized carbons (Fsp3) is 0.231. The van der Waals surface area contributed by atoms with Crippen molar-refractivity contribution in [1.29, 1.82) is 0 Å². The van der Waals surface area contributed by atoms with E-state index in [-0.39, 0.29) is 0 Å². The standard InChI is InChI=1S/C13H14OS/c1-10-12(8-9-15-10)13(2,14)11-6-4-3-5-7-11/h3-9,14H,1-2H3. The Labute approximate surface area is 94.0 Å². The number of benzene rings is 1. The molecule has 1 N–H and O–H groups in total. The lowest BCUT2D eigenvalue weighted by Crippen LogP contribution is -2.22. The van der Waals surface area contributed by atoms with Crippen LogP contribution in [0.4, 0.5) is 0 Å². The first-order valence-corrected chi connectivity index (χ1v) is 5.83. The maximum atomic E-state index is 10.5. The fourth-order valence-electron chi connectivity index (χ4n) is 1.81. The summed E-state index contributed by atoms with van der Waals surface area (Å²) in [6, 6.07) is 11.8. The van der Waals surface area contributed by atoms with E-state index in [0.717, 1.165) is 11.1 Å². The van der Waals surface area contributed by atoms with Crippen molar-refractivity contribution in [2.75, 3.05) is 0 Å². The zero-order valence-electron chi connectivity index (χ0n) is 8.90. The molecule has 0 aliphatic rings. The van der Waals surface area contributed by atoms with E-state index >= 15 is 0 Å². The van der Waals surface area contributed by atoms with Gasteiger partial charge in [0.05, 0.1) is 0 Å². The summed E-state index contributed by atoms with van der Waals surface area (Å²) in [6.07, 6.45) is 0. The van der Waals surface area contributed by atoms with Gasteiger partial charge in [-0.1, -0.05) is 30.3 Å². The van der Waals surface area contributed by atoms with Gasteiger partial charge in [0.15, 0.2) is 0 Å². The third kappa shape index (κ3) is 1.83. The molecule has 0 saturated heterocycles. The second kappa shape index (κ2) is 3.80. The Bertz CT molecular complexity index is 443. The minimum atomic E-state index is -0.884. The van der Waals surface area contributed by atoms with Crippen molar-refractivity contribution in [2.45, 2.75) is 19.4 Å². The normalized spacial score (nSPS) is 14.9. The van der Waals surface area contributed by atoms with E-state index in [1.807, 2.05) is 55.6 Å². The van der Waals surface area contributed by atoms with Crippen LogP contribution in [0.5, 0.6) is 0 Å². The average Bonchev–Trinajstić information content (AvgIpc) is 2.66. The van der Waals surface area contributed by atoms with Gasteiger partial charge < -0.3 is 5.11 Å². The molecule has 0 spiro atoms. The van der Waals surface area contributed by atoms with E-state index in [4.69, 9.17) is 0 Å². The van der Waals surface area contributed by atoms with E-state index in [2.05, 4.69) is 0 Å². The summed E-state index contributed by atoms with van der Waals surface area (Å²) in [4.78, 5) is 1.17. The minimum Gasteiger partial charge on any atom is -0.381 e. The van der Waals surface area contributed by atoms with Crippen LogP contribution in [0, 0.1) is 6.92 Å². The van der Waals surface area contributed by atoms with Crippen LogP contribution in [0.25, 0.3) is 0 Å². The van der Waals surface area contributed by atoms with Crippen molar-refractivity contribution in [3.8, 4) is 0 Å². The maximum Gasteiger partial charge on any atom is 0.113 e. The molecule has 78 valence electrons. The van der Waals surface area contributed by atoms with Crippen LogP contribution < -0.4 is 0 Å². The van der Waals surface area contributed by atoms with Crippen LogP contribution >= 0.6 is 11.3 Å². The maximum absolute atomic E-state index is 10.5. The molecule has 0 saturated carbocycles. The molecule has 0 amide bonds. The number of thiophene rings is 1. The van der Waals surface area contributed by atoms with Crippen molar-refractivity contribution in [2.24, 2.45) is 0 Å². The average molecular weight is 218 g/mol. The molecule has 1 atom stereocenters. The third-order valence-electron chi connectivity index (χ3n) is 2.72. The molecule has 0 fully saturated rings. The summed E-state index contributed by atoms with van der Waals surface area (Å²) < 4.78 is 0. The monoisotopic (exact) mass is 218 g/mol. The van der Waals surface area contributed by atoms with E-state index in [1.165, 1.54) is 4.88 Å². The van der Waals surface area contributed by atoms with Gasteiger partial charge in [-0.3, -0.25) is 0 Å². The largest absolute Gasteiger partial charge is 0.381 e. The summed E-state index contributed by atoms with van der Waals surface area (Å²) in [7, 11) is 0. The zero-order chi connectivity index (χ0) is 10.9. The number of hydrogen-bond donors (Lipinski definition) is 1. The van der Waals surface area contributed by atoms with Crippen molar-refractivity contribution >= 4 is 11.3 Å². The van der Waals surface area contributed by atoms with Crippen molar-refractivity contribution in [3.63, 3.8) is 0 Å². The van der Waals surface area contributed by atoms with Gasteiger partial charge in [-0.05, 0) is 30.9 Å². The Kier molecular flexibility index (Phi) is 2.63. The van der Waals surface area contributed by atoms with E-state index in [0.29, 0.717) is 0 Å². The molecule has 2 heteroatoms. The molecule has 1 aromatic heterocycles. The molecule has 15 heavy (non-hydrogen) atoms. The van der Waals surface area contributed by atoms with Gasteiger partial charge >= 0.3 is 0 Å². The number of hydrogen-bond acceptors (Lipinski definition) is 2. The van der Waals surface area contributed by atoms with Gasteiger partial charge in [0.25, 0.3) is 0 Å². The topological polar surface area (TPSA) is 20.2 Å². The van der Waals surface area contributed by atoms with Crippen molar-refractivity contribution in [3.05, 3.63) is 57.8 Å². The first-order valence-electron chi connectivity index (χ1n) is 4.95. The Morgan fingerprint density at radius 2 is 1.80 bits per heavy atom. The molecule has 0 bridgehead atoms. The lowest BCUT2D eigenvalue weighted by atomic mass is 9.89. The van der Waals surface area contributed by atoms with Gasteiger partial charge in [-0.25, -0.2) is 0 Å². The summed E-state index contributed by atoms with van der Waals surface area (Å²) in [5, 5.41) is 12.5. The van der Waals surface area contributed by atoms with Crippen LogP contribution in [-0.2, 0) is 5.60 Å². The number of rotatable bonds is 2. The molecular weight excluding hydrogens is 204 g/mol. The number of aliphatic hydroxyl groups is 1. The lowest BCUT2D eigenvalue weighted by molar-refractivity contribution is 0.102. The molecule has 0 radical (unpaired) electrons. The third-order valence-corrected chi connectivity index (χ3v) is 3.56. The quantitative estimate of drug-likeness (QED) is 0.820. The predicted octanol–water partition coefficient (Wildman–Crippen LogP) is 3.31. The SMILES string of the molecule is Cc1sccc1C(C)(O)c1ccccc1. The predicted molar refractivity (Wildman–Crippen MR) is 64.2 cm³/mol. The van der Waals surface area contributed by atoms with Crippen molar-refractivity contribution in [1.82, 2.24) is 0 Å². The fourth-order valence-corrected chi connectivity index (χ4v) is 2.61. The highest BCUT2D eigenvalue weighted by atomic mass is 32.1. The second-order valence-electron chi connectivity index (χ2n) is 3.83. The van der Waals surface area contributed by atoms with Gasteiger partial charge in [0, 0.05) is 10.4 Å². The number of aryl methyl sites for hydroxylation is 1. The molecule has 1 nitrogen and oxygen atoms in total. The Hall–Kier alpha value is -1.12. The highest BCUT2D eigenvalue weighted by molar-refractivity contribution is 7.10. The summed E-state index contributed by atoms with van der Waals surface area (Å²) in [6.45, 7) is 3.88. The molecular formula is C13H14OS. The first kappa shape index (κ1) is 10.4. The minimum absolute atomic E-state index is 0.884. The van der Waals surface area contributed by atoms with Crippen molar-refractivity contribution < 1.29 is 5.11 Å². The van der Waals surface area contributed by atoms with Gasteiger partial charge in [-0.15, -0.1) is 11.3 Å². The highest BCUT2D eigenvalue weighted by Gasteiger charge is 2.27. The molecule has 1 unspecified atom stereocenters. The summed E-state index contributed by atoms with van der Waals surface area (Å²) in [5.74, 6) is 0. The zero-order valence-corrected chi connectivity index (χ0v) is 9.71. The molecule has 2 rings (SSSR count).